The van der Waals surface area contributed by atoms with E-state index in [1.807, 2.05) is 13.1 Å². The maximum absolute atomic E-state index is 13.0. The molecule has 0 saturated carbocycles. The van der Waals surface area contributed by atoms with Crippen LogP contribution >= 0.6 is 15.9 Å². The maximum Gasteiger partial charge on any atom is 0.124 e. The van der Waals surface area contributed by atoms with Crippen LogP contribution in [-0.2, 0) is 0 Å². The largest absolute Gasteiger partial charge is 0.370 e. The summed E-state index contributed by atoms with van der Waals surface area (Å²) in [6.45, 7) is 4.28. The summed E-state index contributed by atoms with van der Waals surface area (Å²) >= 11 is 3.44. The molecule has 1 aromatic carbocycles. The van der Waals surface area contributed by atoms with Crippen LogP contribution in [0.25, 0.3) is 0 Å². The van der Waals surface area contributed by atoms with Crippen molar-refractivity contribution in [2.24, 2.45) is 5.92 Å². The fourth-order valence-corrected chi connectivity index (χ4v) is 3.13. The van der Waals surface area contributed by atoms with Gasteiger partial charge in [0.1, 0.15) is 5.82 Å². The summed E-state index contributed by atoms with van der Waals surface area (Å²) in [4.78, 5) is 2.32. The second-order valence-electron chi connectivity index (χ2n) is 4.70. The lowest BCUT2D eigenvalue weighted by molar-refractivity contribution is 0.338. The molecule has 0 amide bonds. The van der Waals surface area contributed by atoms with Crippen LogP contribution in [-0.4, -0.2) is 26.2 Å². The van der Waals surface area contributed by atoms with Gasteiger partial charge in [-0.1, -0.05) is 6.92 Å². The molecule has 1 N–H and O–H groups in total. The van der Waals surface area contributed by atoms with E-state index in [0.29, 0.717) is 12.0 Å². The highest BCUT2D eigenvalue weighted by atomic mass is 79.9. The van der Waals surface area contributed by atoms with E-state index in [2.05, 4.69) is 33.1 Å². The Morgan fingerprint density at radius 3 is 2.82 bits per heavy atom. The smallest absolute Gasteiger partial charge is 0.124 e. The topological polar surface area (TPSA) is 15.3 Å². The van der Waals surface area contributed by atoms with Crippen molar-refractivity contribution in [1.82, 2.24) is 5.32 Å². The van der Waals surface area contributed by atoms with Crippen molar-refractivity contribution in [1.29, 1.82) is 0 Å². The van der Waals surface area contributed by atoms with E-state index < -0.39 is 0 Å². The Hall–Kier alpha value is -0.610. The molecule has 0 bridgehead atoms. The molecule has 0 spiro atoms. The van der Waals surface area contributed by atoms with Gasteiger partial charge >= 0.3 is 0 Å². The van der Waals surface area contributed by atoms with Crippen molar-refractivity contribution in [2.75, 3.05) is 25.0 Å². The van der Waals surface area contributed by atoms with Crippen LogP contribution in [0.3, 0.4) is 0 Å². The molecule has 2 atom stereocenters. The van der Waals surface area contributed by atoms with Crippen LogP contribution in [0.1, 0.15) is 13.3 Å². The Bertz CT molecular complexity index is 397. The van der Waals surface area contributed by atoms with Gasteiger partial charge in [-0.3, -0.25) is 0 Å². The number of rotatable bonds is 2. The first-order chi connectivity index (χ1) is 8.11. The Morgan fingerprint density at radius 1 is 1.47 bits per heavy atom. The van der Waals surface area contributed by atoms with E-state index in [1.165, 1.54) is 12.1 Å². The second kappa shape index (κ2) is 5.36. The molecule has 2 nitrogen and oxygen atoms in total. The van der Waals surface area contributed by atoms with Crippen LogP contribution in [0, 0.1) is 11.7 Å². The number of piperidine rings is 1. The lowest BCUT2D eigenvalue weighted by Gasteiger charge is -2.38. The zero-order valence-corrected chi connectivity index (χ0v) is 11.8. The third kappa shape index (κ3) is 2.80. The molecular formula is C13H18BrFN2. The lowest BCUT2D eigenvalue weighted by Crippen LogP contribution is -2.47. The third-order valence-electron chi connectivity index (χ3n) is 3.53. The molecule has 17 heavy (non-hydrogen) atoms. The molecule has 1 aliphatic heterocycles. The quantitative estimate of drug-likeness (QED) is 0.903. The Labute approximate surface area is 110 Å². The summed E-state index contributed by atoms with van der Waals surface area (Å²) in [5.41, 5.74) is 1.09. The van der Waals surface area contributed by atoms with Crippen LogP contribution in [0.15, 0.2) is 22.7 Å². The maximum atomic E-state index is 13.0. The van der Waals surface area contributed by atoms with Crippen molar-refractivity contribution in [2.45, 2.75) is 19.4 Å². The average molecular weight is 301 g/mol. The molecular weight excluding hydrogens is 283 g/mol. The predicted molar refractivity (Wildman–Crippen MR) is 72.9 cm³/mol. The molecule has 2 unspecified atom stereocenters. The zero-order chi connectivity index (χ0) is 12.4. The highest BCUT2D eigenvalue weighted by molar-refractivity contribution is 9.10. The minimum absolute atomic E-state index is 0.196. The minimum Gasteiger partial charge on any atom is -0.370 e. The van der Waals surface area contributed by atoms with Crippen LogP contribution in [0.5, 0.6) is 0 Å². The average Bonchev–Trinajstić information content (AvgIpc) is 2.29. The van der Waals surface area contributed by atoms with Crippen LogP contribution < -0.4 is 10.2 Å². The summed E-state index contributed by atoms with van der Waals surface area (Å²) in [5.74, 6) is 0.407. The van der Waals surface area contributed by atoms with Crippen LogP contribution in [0.2, 0.25) is 0 Å². The molecule has 0 aromatic heterocycles. The summed E-state index contributed by atoms with van der Waals surface area (Å²) in [5, 5.41) is 3.35. The Balaban J connectivity index is 2.14. The molecule has 1 fully saturated rings. The van der Waals surface area contributed by atoms with Crippen molar-refractivity contribution >= 4 is 21.6 Å². The van der Waals surface area contributed by atoms with Gasteiger partial charge in [0, 0.05) is 23.6 Å². The van der Waals surface area contributed by atoms with Gasteiger partial charge in [0.05, 0.1) is 5.69 Å². The fourth-order valence-electron chi connectivity index (χ4n) is 2.53. The molecule has 0 radical (unpaired) electrons. The number of hydrogen-bond donors (Lipinski definition) is 1. The van der Waals surface area contributed by atoms with E-state index in [1.54, 1.807) is 0 Å². The molecule has 1 aliphatic rings. The highest BCUT2D eigenvalue weighted by Gasteiger charge is 2.25. The molecule has 1 saturated heterocycles. The first kappa shape index (κ1) is 12.8. The molecule has 94 valence electrons. The van der Waals surface area contributed by atoms with E-state index in [4.69, 9.17) is 0 Å². The monoisotopic (exact) mass is 300 g/mol. The van der Waals surface area contributed by atoms with Crippen molar-refractivity contribution in [3.63, 3.8) is 0 Å². The number of benzene rings is 1. The molecule has 4 heteroatoms. The second-order valence-corrected chi connectivity index (χ2v) is 5.56. The van der Waals surface area contributed by atoms with Crippen molar-refractivity contribution in [3.05, 3.63) is 28.5 Å². The standard InChI is InChI=1S/C13H18BrFN2/c1-9-8-17(6-5-12(9)16-2)13-4-3-10(15)7-11(13)14/h3-4,7,9,12,16H,5-6,8H2,1-2H3. The molecule has 2 rings (SSSR count). The lowest BCUT2D eigenvalue weighted by atomic mass is 9.93. The number of anilines is 1. The number of hydrogen-bond acceptors (Lipinski definition) is 2. The Kier molecular flexibility index (Phi) is 4.05. The number of nitrogens with one attached hydrogen (secondary N) is 1. The third-order valence-corrected chi connectivity index (χ3v) is 4.16. The van der Waals surface area contributed by atoms with E-state index in [0.717, 1.165) is 29.7 Å². The van der Waals surface area contributed by atoms with Gasteiger partial charge in [-0.15, -0.1) is 0 Å². The van der Waals surface area contributed by atoms with Crippen molar-refractivity contribution in [3.8, 4) is 0 Å². The van der Waals surface area contributed by atoms with E-state index >= 15 is 0 Å². The highest BCUT2D eigenvalue weighted by Crippen LogP contribution is 2.30. The summed E-state index contributed by atoms with van der Waals surface area (Å²) in [7, 11) is 2.02. The first-order valence-corrected chi connectivity index (χ1v) is 6.78. The SMILES string of the molecule is CNC1CCN(c2ccc(F)cc2Br)CC1C. The van der Waals surface area contributed by atoms with Gasteiger partial charge in [0.2, 0.25) is 0 Å². The van der Waals surface area contributed by atoms with Gasteiger partial charge in [0.25, 0.3) is 0 Å². The fraction of sp³-hybridized carbons (Fsp3) is 0.538. The molecule has 1 heterocycles. The zero-order valence-electron chi connectivity index (χ0n) is 10.2. The van der Waals surface area contributed by atoms with Crippen LogP contribution in [0.4, 0.5) is 10.1 Å². The summed E-state index contributed by atoms with van der Waals surface area (Å²) in [6, 6.07) is 5.50. The minimum atomic E-state index is -0.196. The van der Waals surface area contributed by atoms with E-state index in [-0.39, 0.29) is 5.82 Å². The van der Waals surface area contributed by atoms with Gasteiger partial charge in [0.15, 0.2) is 0 Å². The number of halogens is 2. The first-order valence-electron chi connectivity index (χ1n) is 5.99. The Morgan fingerprint density at radius 2 is 2.24 bits per heavy atom. The predicted octanol–water partition coefficient (Wildman–Crippen LogP) is 3.02. The molecule has 1 aromatic rings. The van der Waals surface area contributed by atoms with E-state index in [9.17, 15) is 4.39 Å². The normalized spacial score (nSPS) is 25.1. The van der Waals surface area contributed by atoms with Gasteiger partial charge < -0.3 is 10.2 Å². The van der Waals surface area contributed by atoms with Gasteiger partial charge in [-0.05, 0) is 53.5 Å². The van der Waals surface area contributed by atoms with Gasteiger partial charge in [-0.2, -0.15) is 0 Å². The summed E-state index contributed by atoms with van der Waals surface area (Å²) in [6.07, 6.45) is 1.13. The molecule has 0 aliphatic carbocycles. The number of nitrogens with zero attached hydrogens (tertiary/aromatic N) is 1. The van der Waals surface area contributed by atoms with Crippen molar-refractivity contribution < 1.29 is 4.39 Å². The summed E-state index contributed by atoms with van der Waals surface area (Å²) < 4.78 is 13.9. The van der Waals surface area contributed by atoms with Gasteiger partial charge in [-0.25, -0.2) is 4.39 Å².